The summed E-state index contributed by atoms with van der Waals surface area (Å²) in [7, 11) is 0. The van der Waals surface area contributed by atoms with Gasteiger partial charge in [0.15, 0.2) is 0 Å². The number of nitrogens with zero attached hydrogens (tertiary/aromatic N) is 3. The van der Waals surface area contributed by atoms with E-state index in [0.717, 1.165) is 5.56 Å². The van der Waals surface area contributed by atoms with Crippen LogP contribution in [-0.2, 0) is 14.3 Å². The van der Waals surface area contributed by atoms with Crippen LogP contribution in [0.4, 0.5) is 17.1 Å². The molecule has 164 valence electrons. The summed E-state index contributed by atoms with van der Waals surface area (Å²) in [6.07, 6.45) is 0. The first-order chi connectivity index (χ1) is 15.1. The second kappa shape index (κ2) is 9.86. The van der Waals surface area contributed by atoms with Crippen LogP contribution in [0.2, 0.25) is 0 Å². The van der Waals surface area contributed by atoms with Crippen molar-refractivity contribution in [3.05, 3.63) is 64.2 Å². The molecule has 0 aliphatic carbocycles. The second-order valence-corrected chi connectivity index (χ2v) is 7.51. The molecule has 1 amide bonds. The van der Waals surface area contributed by atoms with Gasteiger partial charge >= 0.3 is 0 Å². The number of benzene rings is 2. The van der Waals surface area contributed by atoms with Gasteiger partial charge in [0.1, 0.15) is 11.7 Å². The molecule has 2 aromatic carbocycles. The highest BCUT2D eigenvalue weighted by atomic mass is 16.6. The molecule has 2 heterocycles. The molecule has 2 aliphatic rings. The van der Waals surface area contributed by atoms with E-state index in [-0.39, 0.29) is 11.6 Å². The van der Waals surface area contributed by atoms with Gasteiger partial charge in [-0.1, -0.05) is 30.3 Å². The number of nitrogens with one attached hydrogen (secondary N) is 1. The van der Waals surface area contributed by atoms with E-state index in [1.807, 2.05) is 35.2 Å². The molecule has 0 saturated carbocycles. The van der Waals surface area contributed by atoms with Crippen LogP contribution in [0.15, 0.2) is 48.5 Å². The number of ether oxygens (including phenoxy) is 2. The summed E-state index contributed by atoms with van der Waals surface area (Å²) in [6.45, 7) is 4.68. The SMILES string of the molecule is O=C(Nc1ccc(N2CCOCC2)c([N+](=O)[O-])c1)[C@H](c1ccccc1)N1CCOCC1. The smallest absolute Gasteiger partial charge is 0.294 e. The number of nitro groups is 1. The summed E-state index contributed by atoms with van der Waals surface area (Å²) in [4.78, 5) is 28.6. The van der Waals surface area contributed by atoms with Gasteiger partial charge in [-0.15, -0.1) is 0 Å². The summed E-state index contributed by atoms with van der Waals surface area (Å²) < 4.78 is 10.8. The van der Waals surface area contributed by atoms with Crippen LogP contribution >= 0.6 is 0 Å². The number of morpholine rings is 2. The fourth-order valence-electron chi connectivity index (χ4n) is 4.03. The minimum absolute atomic E-state index is 0.0256. The number of hydrogen-bond donors (Lipinski definition) is 1. The van der Waals surface area contributed by atoms with Crippen molar-refractivity contribution in [2.45, 2.75) is 6.04 Å². The predicted molar refractivity (Wildman–Crippen MR) is 116 cm³/mol. The van der Waals surface area contributed by atoms with E-state index in [1.165, 1.54) is 6.07 Å². The summed E-state index contributed by atoms with van der Waals surface area (Å²) in [5, 5.41) is 14.6. The Hall–Kier alpha value is -3.01. The van der Waals surface area contributed by atoms with Gasteiger partial charge in [-0.3, -0.25) is 19.8 Å². The average Bonchev–Trinajstić information content (AvgIpc) is 2.81. The zero-order valence-electron chi connectivity index (χ0n) is 17.2. The van der Waals surface area contributed by atoms with E-state index < -0.39 is 11.0 Å². The van der Waals surface area contributed by atoms with Crippen LogP contribution in [0.25, 0.3) is 0 Å². The number of anilines is 2. The fraction of sp³-hybridized carbons (Fsp3) is 0.409. The lowest BCUT2D eigenvalue weighted by atomic mass is 10.0. The zero-order chi connectivity index (χ0) is 21.6. The minimum Gasteiger partial charge on any atom is -0.379 e. The van der Waals surface area contributed by atoms with Crippen LogP contribution in [-0.4, -0.2) is 68.3 Å². The van der Waals surface area contributed by atoms with Gasteiger partial charge in [-0.2, -0.15) is 0 Å². The molecule has 9 nitrogen and oxygen atoms in total. The van der Waals surface area contributed by atoms with E-state index in [4.69, 9.17) is 9.47 Å². The van der Waals surface area contributed by atoms with Gasteiger partial charge in [0.05, 0.1) is 31.4 Å². The first kappa shape index (κ1) is 21.2. The van der Waals surface area contributed by atoms with Crippen LogP contribution < -0.4 is 10.2 Å². The highest BCUT2D eigenvalue weighted by molar-refractivity contribution is 5.96. The third-order valence-corrected chi connectivity index (χ3v) is 5.57. The van der Waals surface area contributed by atoms with Crippen molar-refractivity contribution in [1.29, 1.82) is 0 Å². The van der Waals surface area contributed by atoms with E-state index in [1.54, 1.807) is 12.1 Å². The maximum Gasteiger partial charge on any atom is 0.294 e. The molecule has 31 heavy (non-hydrogen) atoms. The van der Waals surface area contributed by atoms with Gasteiger partial charge in [0.25, 0.3) is 5.69 Å². The van der Waals surface area contributed by atoms with Gasteiger partial charge in [-0.25, -0.2) is 0 Å². The Morgan fingerprint density at radius 1 is 0.968 bits per heavy atom. The molecule has 2 aliphatic heterocycles. The van der Waals surface area contributed by atoms with Crippen molar-refractivity contribution in [3.8, 4) is 0 Å². The van der Waals surface area contributed by atoms with E-state index in [9.17, 15) is 14.9 Å². The van der Waals surface area contributed by atoms with Crippen molar-refractivity contribution >= 4 is 23.0 Å². The number of carbonyl (C=O) groups is 1. The minimum atomic E-state index is -0.497. The first-order valence-corrected chi connectivity index (χ1v) is 10.4. The molecular weight excluding hydrogens is 400 g/mol. The molecule has 2 fully saturated rings. The molecular formula is C22H26N4O5. The molecule has 0 aromatic heterocycles. The third-order valence-electron chi connectivity index (χ3n) is 5.57. The normalized spacial score (nSPS) is 18.4. The van der Waals surface area contributed by atoms with Crippen LogP contribution in [0.5, 0.6) is 0 Å². The lowest BCUT2D eigenvalue weighted by Gasteiger charge is -2.33. The first-order valence-electron chi connectivity index (χ1n) is 10.4. The van der Waals surface area contributed by atoms with Crippen molar-refractivity contribution < 1.29 is 19.2 Å². The Morgan fingerprint density at radius 3 is 2.26 bits per heavy atom. The van der Waals surface area contributed by atoms with Gasteiger partial charge in [0, 0.05) is 37.9 Å². The highest BCUT2D eigenvalue weighted by Gasteiger charge is 2.30. The molecule has 2 aromatic rings. The Bertz CT molecular complexity index is 911. The molecule has 1 atom stereocenters. The van der Waals surface area contributed by atoms with Gasteiger partial charge in [-0.05, 0) is 17.7 Å². The fourth-order valence-corrected chi connectivity index (χ4v) is 4.03. The standard InChI is InChI=1S/C22H26N4O5/c27-22(21(17-4-2-1-3-5-17)25-10-14-31-15-11-25)23-18-6-7-19(20(16-18)26(28)29)24-8-12-30-13-9-24/h1-7,16,21H,8-15H2,(H,23,27)/t21-/m0/s1. The summed E-state index contributed by atoms with van der Waals surface area (Å²) in [5.74, 6) is -0.221. The summed E-state index contributed by atoms with van der Waals surface area (Å²) >= 11 is 0. The number of nitro benzene ring substituents is 1. The quantitative estimate of drug-likeness (QED) is 0.560. The van der Waals surface area contributed by atoms with E-state index in [0.29, 0.717) is 64.0 Å². The number of amides is 1. The number of carbonyl (C=O) groups excluding carboxylic acids is 1. The lowest BCUT2D eigenvalue weighted by Crippen LogP contribution is -2.43. The predicted octanol–water partition coefficient (Wildman–Crippen LogP) is 2.44. The Kier molecular flexibility index (Phi) is 6.76. The lowest BCUT2D eigenvalue weighted by molar-refractivity contribution is -0.384. The molecule has 2 saturated heterocycles. The largest absolute Gasteiger partial charge is 0.379 e. The average molecular weight is 426 g/mol. The molecule has 4 rings (SSSR count). The molecule has 9 heteroatoms. The maximum atomic E-state index is 13.3. The Balaban J connectivity index is 1.58. The van der Waals surface area contributed by atoms with E-state index in [2.05, 4.69) is 10.2 Å². The third kappa shape index (κ3) is 5.01. The van der Waals surface area contributed by atoms with Crippen molar-refractivity contribution in [2.24, 2.45) is 0 Å². The van der Waals surface area contributed by atoms with Crippen LogP contribution in [0.3, 0.4) is 0 Å². The van der Waals surface area contributed by atoms with Crippen molar-refractivity contribution in [1.82, 2.24) is 4.90 Å². The Labute approximate surface area is 180 Å². The van der Waals surface area contributed by atoms with Crippen molar-refractivity contribution in [2.75, 3.05) is 62.8 Å². The maximum absolute atomic E-state index is 13.3. The van der Waals surface area contributed by atoms with Crippen LogP contribution in [0.1, 0.15) is 11.6 Å². The van der Waals surface area contributed by atoms with Gasteiger partial charge in [0.2, 0.25) is 5.91 Å². The zero-order valence-corrected chi connectivity index (χ0v) is 17.2. The highest BCUT2D eigenvalue weighted by Crippen LogP contribution is 2.32. The van der Waals surface area contributed by atoms with Crippen LogP contribution in [0, 0.1) is 10.1 Å². The molecule has 0 spiro atoms. The molecule has 0 bridgehead atoms. The van der Waals surface area contributed by atoms with Crippen molar-refractivity contribution in [3.63, 3.8) is 0 Å². The van der Waals surface area contributed by atoms with Gasteiger partial charge < -0.3 is 19.7 Å². The summed E-state index contributed by atoms with van der Waals surface area (Å²) in [6, 6.07) is 13.9. The number of hydrogen-bond acceptors (Lipinski definition) is 7. The topological polar surface area (TPSA) is 97.2 Å². The molecule has 0 unspecified atom stereocenters. The summed E-state index contributed by atoms with van der Waals surface area (Å²) in [5.41, 5.74) is 1.80. The van der Waals surface area contributed by atoms with E-state index >= 15 is 0 Å². The molecule has 1 N–H and O–H groups in total. The number of rotatable bonds is 6. The second-order valence-electron chi connectivity index (χ2n) is 7.51. The Morgan fingerprint density at radius 2 is 1.61 bits per heavy atom. The molecule has 0 radical (unpaired) electrons. The monoisotopic (exact) mass is 426 g/mol.